The molecule has 96 valence electrons. The van der Waals surface area contributed by atoms with Crippen LogP contribution in [0.1, 0.15) is 0 Å². The highest BCUT2D eigenvalue weighted by atomic mass is 16.3. The Morgan fingerprint density at radius 1 is 0.850 bits per heavy atom. The normalized spacial score (nSPS) is 11.0. The van der Waals surface area contributed by atoms with E-state index in [-0.39, 0.29) is 0 Å². The molecule has 5 nitrogen and oxygen atoms in total. The van der Waals surface area contributed by atoms with Gasteiger partial charge in [0.05, 0.1) is 12.0 Å². The van der Waals surface area contributed by atoms with E-state index in [2.05, 4.69) is 15.3 Å². The van der Waals surface area contributed by atoms with Crippen LogP contribution in [0.3, 0.4) is 0 Å². The molecule has 4 aromatic rings. The second-order valence-electron chi connectivity index (χ2n) is 4.36. The molecule has 4 rings (SSSR count). The Kier molecular flexibility index (Phi) is 2.35. The molecule has 0 atom stereocenters. The lowest BCUT2D eigenvalue weighted by atomic mass is 10.1. The number of benzene rings is 1. The number of hydrogen-bond acceptors (Lipinski definition) is 4. The van der Waals surface area contributed by atoms with Gasteiger partial charge in [0, 0.05) is 5.56 Å². The number of fused-ring (bicyclic) bond motifs is 1. The third kappa shape index (κ3) is 1.68. The molecule has 0 unspecified atom stereocenters. The number of hydrogen-bond donors (Lipinski definition) is 0. The van der Waals surface area contributed by atoms with Crippen LogP contribution in [0.2, 0.25) is 0 Å². The first-order valence-electron chi connectivity index (χ1n) is 6.23. The average molecular weight is 262 g/mol. The number of rotatable bonds is 2. The van der Waals surface area contributed by atoms with Gasteiger partial charge in [-0.2, -0.15) is 9.61 Å². The maximum absolute atomic E-state index is 5.37. The smallest absolute Gasteiger partial charge is 0.220 e. The average Bonchev–Trinajstić information content (AvgIpc) is 3.16. The highest BCUT2D eigenvalue weighted by Crippen LogP contribution is 2.21. The summed E-state index contributed by atoms with van der Waals surface area (Å²) in [4.78, 5) is 0. The van der Waals surface area contributed by atoms with Crippen molar-refractivity contribution in [1.29, 1.82) is 0 Å². The molecule has 0 aliphatic carbocycles. The fourth-order valence-electron chi connectivity index (χ4n) is 2.11. The van der Waals surface area contributed by atoms with Crippen LogP contribution in [0.4, 0.5) is 0 Å². The van der Waals surface area contributed by atoms with Gasteiger partial charge in [0.15, 0.2) is 11.4 Å². The molecule has 0 bridgehead atoms. The van der Waals surface area contributed by atoms with Crippen LogP contribution in [-0.4, -0.2) is 19.8 Å². The summed E-state index contributed by atoms with van der Waals surface area (Å²) in [5.74, 6) is 1.25. The minimum Gasteiger partial charge on any atom is -0.461 e. The zero-order valence-corrected chi connectivity index (χ0v) is 10.5. The van der Waals surface area contributed by atoms with Crippen LogP contribution in [0, 0.1) is 0 Å². The van der Waals surface area contributed by atoms with Crippen LogP contribution < -0.4 is 0 Å². The Morgan fingerprint density at radius 3 is 2.55 bits per heavy atom. The van der Waals surface area contributed by atoms with Crippen molar-refractivity contribution in [2.24, 2.45) is 0 Å². The van der Waals surface area contributed by atoms with E-state index < -0.39 is 0 Å². The second-order valence-corrected chi connectivity index (χ2v) is 4.36. The summed E-state index contributed by atoms with van der Waals surface area (Å²) in [6.45, 7) is 0. The molecule has 1 aromatic carbocycles. The van der Waals surface area contributed by atoms with Gasteiger partial charge in [0.2, 0.25) is 5.82 Å². The third-order valence-corrected chi connectivity index (χ3v) is 3.07. The molecule has 0 aliphatic rings. The van der Waals surface area contributed by atoms with Gasteiger partial charge in [-0.3, -0.25) is 0 Å². The van der Waals surface area contributed by atoms with Crippen molar-refractivity contribution in [3.63, 3.8) is 0 Å². The predicted molar refractivity (Wildman–Crippen MR) is 73.9 cm³/mol. The van der Waals surface area contributed by atoms with E-state index in [4.69, 9.17) is 4.42 Å². The first-order valence-corrected chi connectivity index (χ1v) is 6.23. The molecule has 0 aliphatic heterocycles. The highest BCUT2D eigenvalue weighted by molar-refractivity contribution is 5.61. The predicted octanol–water partition coefficient (Wildman–Crippen LogP) is 3.05. The summed E-state index contributed by atoms with van der Waals surface area (Å²) in [6.07, 6.45) is 1.61. The number of aromatic nitrogens is 4. The SMILES string of the molecule is c1ccc(-c2ccc3nnc(-c4ccco4)n3n2)cc1. The van der Waals surface area contributed by atoms with Crippen molar-refractivity contribution in [1.82, 2.24) is 19.8 Å². The first-order chi connectivity index (χ1) is 9.92. The van der Waals surface area contributed by atoms with Gasteiger partial charge in [-0.15, -0.1) is 10.2 Å². The van der Waals surface area contributed by atoms with Gasteiger partial charge < -0.3 is 4.42 Å². The number of nitrogens with zero attached hydrogens (tertiary/aromatic N) is 4. The Labute approximate surface area is 114 Å². The Bertz CT molecular complexity index is 850. The number of furan rings is 1. The lowest BCUT2D eigenvalue weighted by Gasteiger charge is -2.01. The maximum atomic E-state index is 5.37. The zero-order chi connectivity index (χ0) is 13.4. The van der Waals surface area contributed by atoms with Crippen molar-refractivity contribution < 1.29 is 4.42 Å². The van der Waals surface area contributed by atoms with E-state index in [9.17, 15) is 0 Å². The first kappa shape index (κ1) is 10.9. The largest absolute Gasteiger partial charge is 0.461 e. The molecule has 0 spiro atoms. The van der Waals surface area contributed by atoms with Crippen LogP contribution >= 0.6 is 0 Å². The van der Waals surface area contributed by atoms with E-state index in [0.29, 0.717) is 17.2 Å². The molecule has 0 saturated carbocycles. The van der Waals surface area contributed by atoms with Crippen LogP contribution in [-0.2, 0) is 0 Å². The highest BCUT2D eigenvalue weighted by Gasteiger charge is 2.12. The van der Waals surface area contributed by atoms with Crippen molar-refractivity contribution in [2.45, 2.75) is 0 Å². The van der Waals surface area contributed by atoms with Crippen molar-refractivity contribution in [2.75, 3.05) is 0 Å². The van der Waals surface area contributed by atoms with Crippen LogP contribution in [0.5, 0.6) is 0 Å². The van der Waals surface area contributed by atoms with Gasteiger partial charge in [-0.25, -0.2) is 0 Å². The third-order valence-electron chi connectivity index (χ3n) is 3.07. The second kappa shape index (κ2) is 4.31. The van der Waals surface area contributed by atoms with Crippen LogP contribution in [0.25, 0.3) is 28.5 Å². The maximum Gasteiger partial charge on any atom is 0.220 e. The molecule has 0 N–H and O–H groups in total. The Balaban J connectivity index is 1.92. The van der Waals surface area contributed by atoms with E-state index in [1.807, 2.05) is 54.6 Å². The van der Waals surface area contributed by atoms with E-state index in [1.54, 1.807) is 10.8 Å². The summed E-state index contributed by atoms with van der Waals surface area (Å²) in [5.41, 5.74) is 2.61. The van der Waals surface area contributed by atoms with Gasteiger partial charge in [0.1, 0.15) is 0 Å². The van der Waals surface area contributed by atoms with Gasteiger partial charge in [0.25, 0.3) is 0 Å². The Morgan fingerprint density at radius 2 is 1.75 bits per heavy atom. The van der Waals surface area contributed by atoms with E-state index >= 15 is 0 Å². The van der Waals surface area contributed by atoms with Gasteiger partial charge in [-0.1, -0.05) is 30.3 Å². The van der Waals surface area contributed by atoms with Crippen LogP contribution in [0.15, 0.2) is 65.3 Å². The molecule has 0 radical (unpaired) electrons. The monoisotopic (exact) mass is 262 g/mol. The molecular weight excluding hydrogens is 252 g/mol. The molecule has 20 heavy (non-hydrogen) atoms. The Hall–Kier alpha value is -2.95. The fourth-order valence-corrected chi connectivity index (χ4v) is 2.11. The van der Waals surface area contributed by atoms with E-state index in [0.717, 1.165) is 11.3 Å². The standard InChI is InChI=1S/C15H10N4O/c1-2-5-11(6-3-1)12-8-9-14-16-17-15(19(14)18-12)13-7-4-10-20-13/h1-10H. The fraction of sp³-hybridized carbons (Fsp3) is 0. The van der Waals surface area contributed by atoms with Gasteiger partial charge >= 0.3 is 0 Å². The van der Waals surface area contributed by atoms with Gasteiger partial charge in [-0.05, 0) is 24.3 Å². The minimum absolute atomic E-state index is 0.600. The minimum atomic E-state index is 0.600. The topological polar surface area (TPSA) is 56.2 Å². The summed E-state index contributed by atoms with van der Waals surface area (Å²) >= 11 is 0. The van der Waals surface area contributed by atoms with E-state index in [1.165, 1.54) is 0 Å². The summed E-state index contributed by atoms with van der Waals surface area (Å²) in [5, 5.41) is 12.8. The van der Waals surface area contributed by atoms with Crippen molar-refractivity contribution in [3.8, 4) is 22.8 Å². The molecule has 0 amide bonds. The summed E-state index contributed by atoms with van der Waals surface area (Å²) in [6, 6.07) is 17.5. The van der Waals surface area contributed by atoms with Crippen molar-refractivity contribution >= 4 is 5.65 Å². The summed E-state index contributed by atoms with van der Waals surface area (Å²) < 4.78 is 7.06. The summed E-state index contributed by atoms with van der Waals surface area (Å²) in [7, 11) is 0. The lowest BCUT2D eigenvalue weighted by Crippen LogP contribution is -1.96. The molecule has 0 fully saturated rings. The molecule has 3 aromatic heterocycles. The van der Waals surface area contributed by atoms with Crippen molar-refractivity contribution in [3.05, 3.63) is 60.9 Å². The lowest BCUT2D eigenvalue weighted by molar-refractivity contribution is 0.574. The quantitative estimate of drug-likeness (QED) is 0.557. The molecule has 5 heteroatoms. The molecule has 0 saturated heterocycles. The molecular formula is C15H10N4O. The molecule has 3 heterocycles. The zero-order valence-electron chi connectivity index (χ0n) is 10.5.